The molecule has 0 fully saturated rings. The van der Waals surface area contributed by atoms with E-state index in [-0.39, 0.29) is 5.95 Å². The van der Waals surface area contributed by atoms with Crippen molar-refractivity contribution in [2.45, 2.75) is 33.8 Å². The minimum atomic E-state index is -0.762. The molecule has 1 N–H and O–H groups in total. The monoisotopic (exact) mass is 415 g/mol. The first kappa shape index (κ1) is 20.7. The van der Waals surface area contributed by atoms with Crippen LogP contribution in [0.25, 0.3) is 11.5 Å². The Balaban J connectivity index is 1.63. The maximum atomic E-state index is 12.4. The van der Waals surface area contributed by atoms with Gasteiger partial charge in [0.15, 0.2) is 6.10 Å². The molecule has 8 heteroatoms. The third-order valence-electron chi connectivity index (χ3n) is 4.17. The second kappa shape index (κ2) is 8.96. The maximum absolute atomic E-state index is 12.4. The first-order valence-electron chi connectivity index (χ1n) is 9.18. The van der Waals surface area contributed by atoms with Crippen LogP contribution in [0.3, 0.4) is 0 Å². The molecule has 1 atom stereocenters. The van der Waals surface area contributed by atoms with Crippen molar-refractivity contribution in [3.8, 4) is 23.0 Å². The Morgan fingerprint density at radius 1 is 1.17 bits per heavy atom. The minimum absolute atomic E-state index is 0.0674. The minimum Gasteiger partial charge on any atom is -0.494 e. The van der Waals surface area contributed by atoms with Crippen LogP contribution in [-0.2, 0) is 4.79 Å². The average molecular weight is 416 g/mol. The summed E-state index contributed by atoms with van der Waals surface area (Å²) in [5.74, 6) is 1.28. The molecule has 3 aromatic rings. The van der Waals surface area contributed by atoms with E-state index in [9.17, 15) is 4.79 Å². The molecule has 1 aromatic heterocycles. The first-order valence-corrected chi connectivity index (χ1v) is 9.56. The van der Waals surface area contributed by atoms with Crippen LogP contribution in [0.2, 0.25) is 5.02 Å². The zero-order chi connectivity index (χ0) is 21.0. The lowest BCUT2D eigenvalue weighted by atomic mass is 10.1. The summed E-state index contributed by atoms with van der Waals surface area (Å²) in [6.07, 6.45) is -0.762. The number of carbonyl (C=O) groups is 1. The lowest BCUT2D eigenvalue weighted by Crippen LogP contribution is -2.30. The van der Waals surface area contributed by atoms with Gasteiger partial charge in [0.1, 0.15) is 11.5 Å². The van der Waals surface area contributed by atoms with E-state index in [0.717, 1.165) is 22.4 Å². The van der Waals surface area contributed by atoms with Crippen LogP contribution in [0.1, 0.15) is 25.0 Å². The molecule has 152 valence electrons. The molecular formula is C21H22ClN3O4. The van der Waals surface area contributed by atoms with E-state index in [4.69, 9.17) is 25.6 Å². The van der Waals surface area contributed by atoms with E-state index >= 15 is 0 Å². The van der Waals surface area contributed by atoms with Crippen molar-refractivity contribution in [2.24, 2.45) is 0 Å². The van der Waals surface area contributed by atoms with Crippen LogP contribution in [0.4, 0.5) is 5.95 Å². The number of rotatable bonds is 7. The molecule has 7 nitrogen and oxygen atoms in total. The van der Waals surface area contributed by atoms with E-state index in [1.807, 2.05) is 32.9 Å². The van der Waals surface area contributed by atoms with Gasteiger partial charge >= 0.3 is 0 Å². The average Bonchev–Trinajstić information content (AvgIpc) is 3.15. The number of amides is 1. The fraction of sp³-hybridized carbons (Fsp3) is 0.286. The standard InChI is InChI=1S/C21H22ClN3O4/c1-5-27-16-8-6-15(7-9-16)20-24-21(25-29-20)23-19(26)14(4)28-17-10-12(2)18(22)13(3)11-17/h6-11,14H,5H2,1-4H3,(H,23,25,26). The summed E-state index contributed by atoms with van der Waals surface area (Å²) < 4.78 is 16.3. The van der Waals surface area contributed by atoms with E-state index in [0.29, 0.717) is 23.3 Å². The van der Waals surface area contributed by atoms with E-state index < -0.39 is 12.0 Å². The number of aryl methyl sites for hydroxylation is 2. The number of hydrogen-bond donors (Lipinski definition) is 1. The van der Waals surface area contributed by atoms with Gasteiger partial charge in [-0.1, -0.05) is 11.6 Å². The molecule has 1 heterocycles. The van der Waals surface area contributed by atoms with Crippen molar-refractivity contribution >= 4 is 23.5 Å². The van der Waals surface area contributed by atoms with Crippen molar-refractivity contribution in [1.82, 2.24) is 10.1 Å². The molecule has 1 unspecified atom stereocenters. The molecule has 0 bridgehead atoms. The number of benzene rings is 2. The van der Waals surface area contributed by atoms with E-state index in [2.05, 4.69) is 15.5 Å². The number of anilines is 1. The Labute approximate surface area is 174 Å². The van der Waals surface area contributed by atoms with Crippen LogP contribution in [-0.4, -0.2) is 28.8 Å². The molecule has 29 heavy (non-hydrogen) atoms. The summed E-state index contributed by atoms with van der Waals surface area (Å²) in [5.41, 5.74) is 2.48. The normalized spacial score (nSPS) is 11.8. The number of ether oxygens (including phenoxy) is 2. The maximum Gasteiger partial charge on any atom is 0.270 e. The number of hydrogen-bond acceptors (Lipinski definition) is 6. The van der Waals surface area contributed by atoms with Gasteiger partial charge in [-0.05, 0) is 80.4 Å². The molecule has 0 aliphatic heterocycles. The summed E-state index contributed by atoms with van der Waals surface area (Å²) in [6.45, 7) is 7.91. The highest BCUT2D eigenvalue weighted by molar-refractivity contribution is 6.32. The Bertz CT molecular complexity index is 978. The van der Waals surface area contributed by atoms with Crippen molar-refractivity contribution in [3.05, 3.63) is 52.5 Å². The summed E-state index contributed by atoms with van der Waals surface area (Å²) >= 11 is 6.16. The van der Waals surface area contributed by atoms with Gasteiger partial charge in [0.05, 0.1) is 6.61 Å². The Hall–Kier alpha value is -3.06. The summed E-state index contributed by atoms with van der Waals surface area (Å²) in [5, 5.41) is 7.08. The number of aromatic nitrogens is 2. The topological polar surface area (TPSA) is 86.5 Å². The first-order chi connectivity index (χ1) is 13.9. The Morgan fingerprint density at radius 3 is 2.45 bits per heavy atom. The molecule has 0 spiro atoms. The van der Waals surface area contributed by atoms with Crippen LogP contribution in [0.15, 0.2) is 40.9 Å². The zero-order valence-electron chi connectivity index (χ0n) is 16.7. The van der Waals surface area contributed by atoms with Crippen molar-refractivity contribution < 1.29 is 18.8 Å². The van der Waals surface area contributed by atoms with E-state index in [1.165, 1.54) is 0 Å². The number of carbonyl (C=O) groups excluding carboxylic acids is 1. The fourth-order valence-corrected chi connectivity index (χ4v) is 2.80. The quantitative estimate of drug-likeness (QED) is 0.595. The third kappa shape index (κ3) is 5.06. The van der Waals surface area contributed by atoms with Crippen LogP contribution >= 0.6 is 11.6 Å². The number of nitrogens with one attached hydrogen (secondary N) is 1. The lowest BCUT2D eigenvalue weighted by Gasteiger charge is -2.15. The van der Waals surface area contributed by atoms with Gasteiger partial charge in [0.25, 0.3) is 17.7 Å². The second-order valence-corrected chi connectivity index (χ2v) is 6.88. The van der Waals surface area contributed by atoms with E-state index in [1.54, 1.807) is 31.2 Å². The molecule has 0 aliphatic rings. The molecule has 0 aliphatic carbocycles. The van der Waals surface area contributed by atoms with Gasteiger partial charge in [-0.15, -0.1) is 0 Å². The SMILES string of the molecule is CCOc1ccc(-c2nc(NC(=O)C(C)Oc3cc(C)c(Cl)c(C)c3)no2)cc1. The third-order valence-corrected chi connectivity index (χ3v) is 4.76. The predicted molar refractivity (Wildman–Crippen MR) is 111 cm³/mol. The summed E-state index contributed by atoms with van der Waals surface area (Å²) in [4.78, 5) is 16.6. The van der Waals surface area contributed by atoms with Crippen LogP contribution < -0.4 is 14.8 Å². The molecule has 0 saturated heterocycles. The van der Waals surface area contributed by atoms with Gasteiger partial charge < -0.3 is 14.0 Å². The van der Waals surface area contributed by atoms with Gasteiger partial charge in [0.2, 0.25) is 0 Å². The number of nitrogens with zero attached hydrogens (tertiary/aromatic N) is 2. The summed E-state index contributed by atoms with van der Waals surface area (Å²) in [7, 11) is 0. The highest BCUT2D eigenvalue weighted by Crippen LogP contribution is 2.27. The molecular weight excluding hydrogens is 394 g/mol. The van der Waals surface area contributed by atoms with Gasteiger partial charge in [-0.2, -0.15) is 4.98 Å². The molecule has 1 amide bonds. The fourth-order valence-electron chi connectivity index (χ4n) is 2.70. The van der Waals surface area contributed by atoms with Crippen molar-refractivity contribution in [3.63, 3.8) is 0 Å². The Morgan fingerprint density at radius 2 is 1.83 bits per heavy atom. The molecule has 0 radical (unpaired) electrons. The summed E-state index contributed by atoms with van der Waals surface area (Å²) in [6, 6.07) is 10.8. The van der Waals surface area contributed by atoms with Gasteiger partial charge in [0, 0.05) is 10.6 Å². The number of halogens is 1. The smallest absolute Gasteiger partial charge is 0.270 e. The van der Waals surface area contributed by atoms with Gasteiger partial charge in [-0.25, -0.2) is 0 Å². The lowest BCUT2D eigenvalue weighted by molar-refractivity contribution is -0.122. The zero-order valence-corrected chi connectivity index (χ0v) is 17.4. The van der Waals surface area contributed by atoms with Crippen LogP contribution in [0, 0.1) is 13.8 Å². The van der Waals surface area contributed by atoms with Crippen molar-refractivity contribution in [1.29, 1.82) is 0 Å². The predicted octanol–water partition coefficient (Wildman–Crippen LogP) is 4.81. The Kier molecular flexibility index (Phi) is 6.39. The highest BCUT2D eigenvalue weighted by Gasteiger charge is 2.19. The molecule has 2 aromatic carbocycles. The molecule has 0 saturated carbocycles. The largest absolute Gasteiger partial charge is 0.494 e. The van der Waals surface area contributed by atoms with Gasteiger partial charge in [-0.3, -0.25) is 10.1 Å². The van der Waals surface area contributed by atoms with Crippen LogP contribution in [0.5, 0.6) is 11.5 Å². The second-order valence-electron chi connectivity index (χ2n) is 6.50. The molecule has 3 rings (SSSR count). The van der Waals surface area contributed by atoms with Crippen molar-refractivity contribution in [2.75, 3.05) is 11.9 Å². The highest BCUT2D eigenvalue weighted by atomic mass is 35.5.